The number of aromatic amines is 1. The van der Waals surface area contributed by atoms with Crippen molar-refractivity contribution in [3.63, 3.8) is 0 Å². The van der Waals surface area contributed by atoms with E-state index < -0.39 is 5.82 Å². The summed E-state index contributed by atoms with van der Waals surface area (Å²) in [5.41, 5.74) is 1.74. The molecule has 1 aromatic carbocycles. The van der Waals surface area contributed by atoms with Gasteiger partial charge in [0.1, 0.15) is 5.52 Å². The van der Waals surface area contributed by atoms with E-state index in [2.05, 4.69) is 15.0 Å². The molecule has 3 heterocycles. The van der Waals surface area contributed by atoms with Crippen molar-refractivity contribution >= 4 is 16.7 Å². The summed E-state index contributed by atoms with van der Waals surface area (Å²) in [4.78, 5) is 23.5. The van der Waals surface area contributed by atoms with Gasteiger partial charge in [0.25, 0.3) is 0 Å². The molecule has 0 saturated heterocycles. The average molecular weight is 310 g/mol. The number of pyridine rings is 1. The van der Waals surface area contributed by atoms with Gasteiger partial charge < -0.3 is 9.72 Å². The van der Waals surface area contributed by atoms with Gasteiger partial charge in [0.2, 0.25) is 0 Å². The maximum Gasteiger partial charge on any atom is 0.331 e. The van der Waals surface area contributed by atoms with Gasteiger partial charge in [-0.2, -0.15) is 0 Å². The lowest BCUT2D eigenvalue weighted by molar-refractivity contribution is 0.387. The first-order chi connectivity index (χ1) is 11.2. The molecule has 3 aromatic heterocycles. The minimum Gasteiger partial charge on any atom is -0.494 e. The van der Waals surface area contributed by atoms with Gasteiger partial charge in [-0.3, -0.25) is 4.98 Å². The highest BCUT2D eigenvalue weighted by atomic mass is 19.1. The maximum absolute atomic E-state index is 14.4. The van der Waals surface area contributed by atoms with E-state index in [1.807, 2.05) is 0 Å². The fourth-order valence-corrected chi connectivity index (χ4v) is 2.56. The number of halogens is 1. The molecule has 0 unspecified atom stereocenters. The summed E-state index contributed by atoms with van der Waals surface area (Å²) in [5, 5.41) is 0. The molecule has 6 nitrogen and oxygen atoms in total. The van der Waals surface area contributed by atoms with Crippen LogP contribution in [0.4, 0.5) is 4.39 Å². The molecular weight excluding hydrogens is 299 g/mol. The van der Waals surface area contributed by atoms with Crippen LogP contribution < -0.4 is 10.4 Å². The van der Waals surface area contributed by atoms with E-state index in [1.165, 1.54) is 23.8 Å². The van der Waals surface area contributed by atoms with E-state index in [0.29, 0.717) is 22.4 Å². The minimum atomic E-state index is -0.521. The molecule has 0 amide bonds. The molecule has 4 aromatic rings. The number of nitrogens with zero attached hydrogens (tertiary/aromatic N) is 3. The highest BCUT2D eigenvalue weighted by Gasteiger charge is 2.16. The molecule has 1 N–H and O–H groups in total. The Morgan fingerprint density at radius 1 is 1.26 bits per heavy atom. The standard InChI is InChI=1S/C16H11FN4O2/c1-23-12-6-2-4-9(13(12)17)11-8-21-15(19-11)14-10(20-16(21)22)5-3-7-18-14/h2-8H,1H3,(H,20,22). The van der Waals surface area contributed by atoms with Crippen molar-refractivity contribution in [3.05, 3.63) is 59.0 Å². The Hall–Kier alpha value is -3.22. The first kappa shape index (κ1) is 13.4. The van der Waals surface area contributed by atoms with Gasteiger partial charge in [-0.15, -0.1) is 0 Å². The number of aromatic nitrogens is 4. The molecule has 114 valence electrons. The highest BCUT2D eigenvalue weighted by molar-refractivity contribution is 5.88. The van der Waals surface area contributed by atoms with Gasteiger partial charge in [-0.05, 0) is 24.3 Å². The van der Waals surface area contributed by atoms with Crippen molar-refractivity contribution in [3.8, 4) is 17.0 Å². The van der Waals surface area contributed by atoms with Crippen LogP contribution in [-0.2, 0) is 0 Å². The summed E-state index contributed by atoms with van der Waals surface area (Å²) in [5.74, 6) is -0.399. The van der Waals surface area contributed by atoms with E-state index in [-0.39, 0.29) is 17.0 Å². The van der Waals surface area contributed by atoms with Gasteiger partial charge in [0.05, 0.1) is 18.3 Å². The van der Waals surface area contributed by atoms with Crippen LogP contribution in [0.25, 0.3) is 27.9 Å². The Balaban J connectivity index is 2.05. The third-order valence-corrected chi connectivity index (χ3v) is 3.64. The molecule has 0 aliphatic carbocycles. The van der Waals surface area contributed by atoms with Gasteiger partial charge in [-0.1, -0.05) is 6.07 Å². The number of nitrogens with one attached hydrogen (secondary N) is 1. The lowest BCUT2D eigenvalue weighted by atomic mass is 10.1. The quantitative estimate of drug-likeness (QED) is 0.617. The number of hydrogen-bond donors (Lipinski definition) is 1. The van der Waals surface area contributed by atoms with Crippen LogP contribution in [-0.4, -0.2) is 26.5 Å². The Bertz CT molecular complexity index is 1100. The summed E-state index contributed by atoms with van der Waals surface area (Å²) in [6, 6.07) is 8.24. The maximum atomic E-state index is 14.4. The molecule has 4 rings (SSSR count). The smallest absolute Gasteiger partial charge is 0.331 e. The number of imidazole rings is 1. The summed E-state index contributed by atoms with van der Waals surface area (Å²) in [7, 11) is 1.40. The molecule has 23 heavy (non-hydrogen) atoms. The number of rotatable bonds is 2. The summed E-state index contributed by atoms with van der Waals surface area (Å²) >= 11 is 0. The fourth-order valence-electron chi connectivity index (χ4n) is 2.56. The van der Waals surface area contributed by atoms with Crippen molar-refractivity contribution in [2.45, 2.75) is 0 Å². The van der Waals surface area contributed by atoms with Crippen LogP contribution in [0.15, 0.2) is 47.5 Å². The van der Waals surface area contributed by atoms with Crippen LogP contribution in [0.3, 0.4) is 0 Å². The van der Waals surface area contributed by atoms with Crippen LogP contribution in [0.2, 0.25) is 0 Å². The second-order valence-electron chi connectivity index (χ2n) is 4.97. The van der Waals surface area contributed by atoms with Crippen molar-refractivity contribution in [1.29, 1.82) is 0 Å². The van der Waals surface area contributed by atoms with Gasteiger partial charge in [0.15, 0.2) is 17.2 Å². The zero-order valence-electron chi connectivity index (χ0n) is 12.1. The first-order valence-corrected chi connectivity index (χ1v) is 6.88. The Morgan fingerprint density at radius 3 is 2.96 bits per heavy atom. The minimum absolute atomic E-state index is 0.122. The molecule has 0 atom stereocenters. The molecule has 0 spiro atoms. The second-order valence-corrected chi connectivity index (χ2v) is 4.97. The molecule has 0 fully saturated rings. The van der Waals surface area contributed by atoms with Crippen LogP contribution in [0, 0.1) is 5.82 Å². The zero-order chi connectivity index (χ0) is 16.0. The highest BCUT2D eigenvalue weighted by Crippen LogP contribution is 2.28. The van der Waals surface area contributed by atoms with Crippen molar-refractivity contribution < 1.29 is 9.13 Å². The van der Waals surface area contributed by atoms with E-state index in [9.17, 15) is 9.18 Å². The second kappa shape index (κ2) is 4.91. The number of ether oxygens (including phenoxy) is 1. The number of fused-ring (bicyclic) bond motifs is 3. The summed E-state index contributed by atoms with van der Waals surface area (Å²) in [6.45, 7) is 0. The molecular formula is C16H11FN4O2. The first-order valence-electron chi connectivity index (χ1n) is 6.88. The van der Waals surface area contributed by atoms with Gasteiger partial charge in [-0.25, -0.2) is 18.6 Å². The van der Waals surface area contributed by atoms with E-state index in [0.717, 1.165) is 0 Å². The van der Waals surface area contributed by atoms with Crippen LogP contribution in [0.1, 0.15) is 0 Å². The normalized spacial score (nSPS) is 11.2. The zero-order valence-corrected chi connectivity index (χ0v) is 12.1. The summed E-state index contributed by atoms with van der Waals surface area (Å²) in [6.07, 6.45) is 3.10. The van der Waals surface area contributed by atoms with Crippen LogP contribution in [0.5, 0.6) is 5.75 Å². The predicted octanol–water partition coefficient (Wildman–Crippen LogP) is 2.39. The van der Waals surface area contributed by atoms with Crippen molar-refractivity contribution in [1.82, 2.24) is 19.4 Å². The van der Waals surface area contributed by atoms with E-state index in [1.54, 1.807) is 30.5 Å². The van der Waals surface area contributed by atoms with E-state index >= 15 is 0 Å². The monoisotopic (exact) mass is 310 g/mol. The average Bonchev–Trinajstić information content (AvgIpc) is 3.01. The van der Waals surface area contributed by atoms with Crippen molar-refractivity contribution in [2.24, 2.45) is 0 Å². The van der Waals surface area contributed by atoms with Gasteiger partial charge >= 0.3 is 5.69 Å². The Labute approximate surface area is 129 Å². The summed E-state index contributed by atoms with van der Waals surface area (Å²) < 4.78 is 20.7. The molecule has 0 bridgehead atoms. The third-order valence-electron chi connectivity index (χ3n) is 3.64. The molecule has 7 heteroatoms. The van der Waals surface area contributed by atoms with Crippen molar-refractivity contribution in [2.75, 3.05) is 7.11 Å². The molecule has 0 radical (unpaired) electrons. The fraction of sp³-hybridized carbons (Fsp3) is 0.0625. The predicted molar refractivity (Wildman–Crippen MR) is 83.1 cm³/mol. The topological polar surface area (TPSA) is 72.3 Å². The lowest BCUT2D eigenvalue weighted by Crippen LogP contribution is -2.15. The number of H-pyrrole nitrogens is 1. The Morgan fingerprint density at radius 2 is 2.13 bits per heavy atom. The largest absolute Gasteiger partial charge is 0.494 e. The van der Waals surface area contributed by atoms with Gasteiger partial charge in [0, 0.05) is 18.0 Å². The molecule has 0 aliphatic rings. The molecule has 0 saturated carbocycles. The third kappa shape index (κ3) is 1.97. The van der Waals surface area contributed by atoms with E-state index in [4.69, 9.17) is 4.74 Å². The number of benzene rings is 1. The van der Waals surface area contributed by atoms with Crippen LogP contribution >= 0.6 is 0 Å². The SMILES string of the molecule is COc1cccc(-c2cn3c(=O)[nH]c4cccnc4c3n2)c1F. The number of methoxy groups -OCH3 is 1. The lowest BCUT2D eigenvalue weighted by Gasteiger charge is -2.04. The number of hydrogen-bond acceptors (Lipinski definition) is 4. The molecule has 0 aliphatic heterocycles. The Kier molecular flexibility index (Phi) is 2.87.